The van der Waals surface area contributed by atoms with E-state index in [0.717, 1.165) is 12.0 Å². The molecule has 100 valence electrons. The van der Waals surface area contributed by atoms with Crippen LogP contribution < -0.4 is 10.1 Å². The van der Waals surface area contributed by atoms with Crippen LogP contribution in [0.4, 0.5) is 5.95 Å². The maximum absolute atomic E-state index is 5.46. The lowest BCUT2D eigenvalue weighted by molar-refractivity contribution is 0.290. The van der Waals surface area contributed by atoms with Gasteiger partial charge in [-0.3, -0.25) is 4.98 Å². The smallest absolute Gasteiger partial charge is 0.321 e. The summed E-state index contributed by atoms with van der Waals surface area (Å²) in [6, 6.07) is 4.25. The summed E-state index contributed by atoms with van der Waals surface area (Å²) in [6.07, 6.45) is 5.05. The summed E-state index contributed by atoms with van der Waals surface area (Å²) in [5, 5.41) is 2.92. The Morgan fingerprint density at radius 1 is 1.16 bits per heavy atom. The largest absolute Gasteiger partial charge is 0.463 e. The Bertz CT molecular complexity index is 518. The molecule has 19 heavy (non-hydrogen) atoms. The minimum absolute atomic E-state index is 0.366. The van der Waals surface area contributed by atoms with Crippen molar-refractivity contribution in [3.05, 3.63) is 35.9 Å². The number of anilines is 1. The molecular formula is C13H17N5O. The van der Waals surface area contributed by atoms with Gasteiger partial charge in [0.2, 0.25) is 5.95 Å². The van der Waals surface area contributed by atoms with Crippen LogP contribution in [0.3, 0.4) is 0 Å². The molecule has 0 aliphatic heterocycles. The first-order valence-electron chi connectivity index (χ1n) is 6.26. The second-order valence-electron chi connectivity index (χ2n) is 3.99. The molecule has 0 radical (unpaired) electrons. The van der Waals surface area contributed by atoms with Gasteiger partial charge in [0.25, 0.3) is 0 Å². The third-order valence-electron chi connectivity index (χ3n) is 2.43. The van der Waals surface area contributed by atoms with Crippen molar-refractivity contribution in [2.45, 2.75) is 19.8 Å². The first-order chi connectivity index (χ1) is 9.31. The van der Waals surface area contributed by atoms with Gasteiger partial charge < -0.3 is 10.1 Å². The molecule has 0 aliphatic rings. The van der Waals surface area contributed by atoms with E-state index < -0.39 is 0 Å². The van der Waals surface area contributed by atoms with E-state index in [2.05, 4.69) is 25.3 Å². The molecule has 0 atom stereocenters. The predicted molar refractivity (Wildman–Crippen MR) is 72.2 cm³/mol. The maximum atomic E-state index is 5.46. The third kappa shape index (κ3) is 3.87. The van der Waals surface area contributed by atoms with Gasteiger partial charge in [0, 0.05) is 25.9 Å². The molecule has 0 amide bonds. The summed E-state index contributed by atoms with van der Waals surface area (Å²) in [4.78, 5) is 16.8. The van der Waals surface area contributed by atoms with E-state index in [1.165, 1.54) is 0 Å². The number of aromatic nitrogens is 4. The summed E-state index contributed by atoms with van der Waals surface area (Å²) >= 11 is 0. The third-order valence-corrected chi connectivity index (χ3v) is 2.43. The monoisotopic (exact) mass is 259 g/mol. The first-order valence-corrected chi connectivity index (χ1v) is 6.26. The van der Waals surface area contributed by atoms with Crippen LogP contribution >= 0.6 is 0 Å². The Labute approximate surface area is 112 Å². The normalized spacial score (nSPS) is 10.2. The summed E-state index contributed by atoms with van der Waals surface area (Å²) in [5.74, 6) is 1.20. The average Bonchev–Trinajstić information content (AvgIpc) is 2.46. The molecule has 0 saturated heterocycles. The van der Waals surface area contributed by atoms with Crippen molar-refractivity contribution in [1.82, 2.24) is 19.9 Å². The lowest BCUT2D eigenvalue weighted by atomic mass is 10.2. The highest BCUT2D eigenvalue weighted by Gasteiger charge is 2.07. The Balaban J connectivity index is 2.19. The van der Waals surface area contributed by atoms with Crippen molar-refractivity contribution in [2.75, 3.05) is 19.0 Å². The molecule has 0 bridgehead atoms. The van der Waals surface area contributed by atoms with Gasteiger partial charge in [0.1, 0.15) is 5.82 Å². The molecule has 2 heterocycles. The number of nitrogens with zero attached hydrogens (tertiary/aromatic N) is 4. The van der Waals surface area contributed by atoms with Gasteiger partial charge in [-0.2, -0.15) is 15.0 Å². The second-order valence-corrected chi connectivity index (χ2v) is 3.99. The molecular weight excluding hydrogens is 242 g/mol. The zero-order valence-electron chi connectivity index (χ0n) is 11.1. The minimum Gasteiger partial charge on any atom is -0.463 e. The number of hydrogen-bond acceptors (Lipinski definition) is 6. The zero-order chi connectivity index (χ0) is 13.5. The zero-order valence-corrected chi connectivity index (χ0v) is 11.1. The van der Waals surface area contributed by atoms with Crippen LogP contribution in [-0.2, 0) is 6.42 Å². The lowest BCUT2D eigenvalue weighted by Gasteiger charge is -2.07. The van der Waals surface area contributed by atoms with Gasteiger partial charge in [0.05, 0.1) is 6.61 Å². The van der Waals surface area contributed by atoms with Gasteiger partial charge in [-0.05, 0) is 24.1 Å². The van der Waals surface area contributed by atoms with Gasteiger partial charge in [0.15, 0.2) is 0 Å². The van der Waals surface area contributed by atoms with Crippen molar-refractivity contribution < 1.29 is 4.74 Å². The van der Waals surface area contributed by atoms with Crippen LogP contribution in [0.25, 0.3) is 0 Å². The molecule has 1 N–H and O–H groups in total. The highest BCUT2D eigenvalue weighted by atomic mass is 16.5. The molecule has 2 rings (SSSR count). The van der Waals surface area contributed by atoms with Crippen molar-refractivity contribution in [2.24, 2.45) is 0 Å². The van der Waals surface area contributed by atoms with Gasteiger partial charge in [-0.25, -0.2) is 0 Å². The Hall–Kier alpha value is -2.24. The van der Waals surface area contributed by atoms with Gasteiger partial charge >= 0.3 is 6.01 Å². The van der Waals surface area contributed by atoms with E-state index in [1.54, 1.807) is 19.4 Å². The van der Waals surface area contributed by atoms with E-state index in [9.17, 15) is 0 Å². The highest BCUT2D eigenvalue weighted by Crippen LogP contribution is 2.11. The van der Waals surface area contributed by atoms with Gasteiger partial charge in [-0.1, -0.05) is 6.92 Å². The topological polar surface area (TPSA) is 72.8 Å². The molecule has 0 aromatic carbocycles. The van der Waals surface area contributed by atoms with Crippen LogP contribution in [0.1, 0.15) is 24.7 Å². The standard InChI is InChI=1S/C13H17N5O/c1-3-8-19-13-17-11(16-12(14-2)18-13)9-10-4-6-15-7-5-10/h4-7H,3,8-9H2,1-2H3,(H,14,16,17,18). The molecule has 0 aliphatic carbocycles. The second kappa shape index (κ2) is 6.63. The number of pyridine rings is 1. The molecule has 0 saturated carbocycles. The fraction of sp³-hybridized carbons (Fsp3) is 0.385. The van der Waals surface area contributed by atoms with E-state index in [1.807, 2.05) is 19.1 Å². The predicted octanol–water partition coefficient (Wildman–Crippen LogP) is 1.69. The maximum Gasteiger partial charge on any atom is 0.321 e. The molecule has 0 unspecified atom stereocenters. The number of nitrogens with one attached hydrogen (secondary N) is 1. The molecule has 0 fully saturated rings. The fourth-order valence-electron chi connectivity index (χ4n) is 1.53. The summed E-state index contributed by atoms with van der Waals surface area (Å²) in [6.45, 7) is 2.64. The van der Waals surface area contributed by atoms with E-state index in [4.69, 9.17) is 4.74 Å². The first kappa shape index (κ1) is 13.2. The number of hydrogen-bond donors (Lipinski definition) is 1. The number of rotatable bonds is 6. The molecule has 6 heteroatoms. The summed E-state index contributed by atoms with van der Waals surface area (Å²) in [7, 11) is 1.77. The quantitative estimate of drug-likeness (QED) is 0.851. The molecule has 0 spiro atoms. The van der Waals surface area contributed by atoms with Crippen molar-refractivity contribution >= 4 is 5.95 Å². The van der Waals surface area contributed by atoms with E-state index in [0.29, 0.717) is 30.8 Å². The van der Waals surface area contributed by atoms with Crippen molar-refractivity contribution in [3.8, 4) is 6.01 Å². The van der Waals surface area contributed by atoms with Crippen LogP contribution in [0, 0.1) is 0 Å². The average molecular weight is 259 g/mol. The Kier molecular flexibility index (Phi) is 4.60. The van der Waals surface area contributed by atoms with Crippen molar-refractivity contribution in [3.63, 3.8) is 0 Å². The van der Waals surface area contributed by atoms with E-state index >= 15 is 0 Å². The van der Waals surface area contributed by atoms with Crippen LogP contribution in [0.15, 0.2) is 24.5 Å². The lowest BCUT2D eigenvalue weighted by Crippen LogP contribution is -2.08. The van der Waals surface area contributed by atoms with E-state index in [-0.39, 0.29) is 0 Å². The van der Waals surface area contributed by atoms with Crippen molar-refractivity contribution in [1.29, 1.82) is 0 Å². The minimum atomic E-state index is 0.366. The fourth-order valence-corrected chi connectivity index (χ4v) is 1.53. The Morgan fingerprint density at radius 2 is 1.95 bits per heavy atom. The summed E-state index contributed by atoms with van der Waals surface area (Å²) in [5.41, 5.74) is 1.10. The molecule has 6 nitrogen and oxygen atoms in total. The SMILES string of the molecule is CCCOc1nc(Cc2ccncc2)nc(NC)n1. The number of ether oxygens (including phenoxy) is 1. The van der Waals surface area contributed by atoms with Crippen LogP contribution in [-0.4, -0.2) is 33.6 Å². The van der Waals surface area contributed by atoms with Crippen LogP contribution in [0.5, 0.6) is 6.01 Å². The Morgan fingerprint density at radius 3 is 2.63 bits per heavy atom. The van der Waals surface area contributed by atoms with Gasteiger partial charge in [-0.15, -0.1) is 0 Å². The molecule has 2 aromatic heterocycles. The van der Waals surface area contributed by atoms with Crippen LogP contribution in [0.2, 0.25) is 0 Å². The highest BCUT2D eigenvalue weighted by molar-refractivity contribution is 5.26. The summed E-state index contributed by atoms with van der Waals surface area (Å²) < 4.78 is 5.46. The molecule has 2 aromatic rings.